The zero-order valence-electron chi connectivity index (χ0n) is 21.2. The van der Waals surface area contributed by atoms with E-state index in [0.717, 1.165) is 6.07 Å². The number of hydrogen-bond acceptors (Lipinski definition) is 8. The van der Waals surface area contributed by atoms with Gasteiger partial charge in [0.05, 0.1) is 31.5 Å². The molecule has 2 aromatic carbocycles. The highest BCUT2D eigenvalue weighted by atomic mass is 19.4. The highest BCUT2D eigenvalue weighted by Gasteiger charge is 2.57. The number of ether oxygens (including phenoxy) is 3. The van der Waals surface area contributed by atoms with Crippen molar-refractivity contribution >= 4 is 5.91 Å². The average molecular weight is 548 g/mol. The fourth-order valence-electron chi connectivity index (χ4n) is 4.14. The number of hydrogen-bond donors (Lipinski definition) is 4. The smallest absolute Gasteiger partial charge is 0.424 e. The van der Waals surface area contributed by atoms with Crippen molar-refractivity contribution in [3.63, 3.8) is 0 Å². The molecule has 0 radical (unpaired) electrons. The lowest BCUT2D eigenvalue weighted by Crippen LogP contribution is -2.51. The third kappa shape index (κ3) is 5.49. The molecule has 2 heterocycles. The Bertz CT molecular complexity index is 1350. The topological polar surface area (TPSA) is 136 Å². The van der Waals surface area contributed by atoms with E-state index in [1.165, 1.54) is 25.3 Å². The number of carbonyl (C=O) groups is 1. The second-order valence-electron chi connectivity index (χ2n) is 9.28. The zero-order valence-corrected chi connectivity index (χ0v) is 21.2. The maximum absolute atomic E-state index is 14.5. The van der Waals surface area contributed by atoms with E-state index in [1.807, 2.05) is 0 Å². The molecule has 1 amide bonds. The first-order valence-corrected chi connectivity index (χ1v) is 11.9. The van der Waals surface area contributed by atoms with Gasteiger partial charge in [-0.05, 0) is 31.2 Å². The van der Waals surface area contributed by atoms with Crippen molar-refractivity contribution in [1.82, 2.24) is 10.3 Å². The van der Waals surface area contributed by atoms with Crippen LogP contribution in [0.4, 0.5) is 13.2 Å². The lowest BCUT2D eigenvalue weighted by molar-refractivity contribution is -0.265. The van der Waals surface area contributed by atoms with Gasteiger partial charge in [0.2, 0.25) is 5.60 Å². The zero-order chi connectivity index (χ0) is 28.4. The molecule has 2 atom stereocenters. The molecule has 3 aromatic rings. The number of amides is 1. The minimum atomic E-state index is -5.22. The van der Waals surface area contributed by atoms with Gasteiger partial charge in [-0.2, -0.15) is 13.2 Å². The van der Waals surface area contributed by atoms with E-state index in [4.69, 9.17) is 25.1 Å². The van der Waals surface area contributed by atoms with Crippen LogP contribution in [0.1, 0.15) is 28.5 Å². The lowest BCUT2D eigenvalue weighted by atomic mass is 9.89. The van der Waals surface area contributed by atoms with E-state index in [1.54, 1.807) is 37.3 Å². The van der Waals surface area contributed by atoms with Gasteiger partial charge in [0, 0.05) is 16.7 Å². The standard InChI is InChI=1S/C27H28F3N3O6/c1-25(31)15-39-23-18(25)13-21(33-22(23)16-6-4-3-5-7-16)26(36,27(28,29)30)14-32-24(35)17-8-9-19(38-11-10-34)20(12-17)37-2/h3-9,12-13,34,36H,10-11,14-15,31H2,1-2H3,(H,32,35). The second kappa shape index (κ2) is 10.7. The molecule has 39 heavy (non-hydrogen) atoms. The summed E-state index contributed by atoms with van der Waals surface area (Å²) < 4.78 is 59.5. The first-order valence-electron chi connectivity index (χ1n) is 11.9. The van der Waals surface area contributed by atoms with E-state index in [9.17, 15) is 23.1 Å². The third-order valence-corrected chi connectivity index (χ3v) is 6.32. The molecule has 0 fully saturated rings. The van der Waals surface area contributed by atoms with Crippen LogP contribution in [0.25, 0.3) is 11.3 Å². The predicted octanol–water partition coefficient (Wildman–Crippen LogP) is 2.87. The minimum absolute atomic E-state index is 0.00826. The van der Waals surface area contributed by atoms with Crippen molar-refractivity contribution in [2.45, 2.75) is 24.2 Å². The number of nitrogens with one attached hydrogen (secondary N) is 1. The first kappa shape index (κ1) is 28.1. The molecule has 0 aliphatic carbocycles. The van der Waals surface area contributed by atoms with Crippen LogP contribution in [0.5, 0.6) is 17.2 Å². The van der Waals surface area contributed by atoms with Crippen LogP contribution >= 0.6 is 0 Å². The van der Waals surface area contributed by atoms with Crippen LogP contribution < -0.4 is 25.3 Å². The van der Waals surface area contributed by atoms with Gasteiger partial charge in [0.1, 0.15) is 18.9 Å². The van der Waals surface area contributed by atoms with E-state index in [0.29, 0.717) is 5.56 Å². The Morgan fingerprint density at radius 1 is 1.18 bits per heavy atom. The molecule has 5 N–H and O–H groups in total. The summed E-state index contributed by atoms with van der Waals surface area (Å²) in [5.74, 6) is -0.296. The summed E-state index contributed by atoms with van der Waals surface area (Å²) in [6.07, 6.45) is -5.22. The van der Waals surface area contributed by atoms with Crippen LogP contribution in [0, 0.1) is 0 Å². The summed E-state index contributed by atoms with van der Waals surface area (Å²) in [6.45, 7) is 0.107. The van der Waals surface area contributed by atoms with Crippen LogP contribution in [0.3, 0.4) is 0 Å². The van der Waals surface area contributed by atoms with Crippen LogP contribution in [-0.2, 0) is 11.1 Å². The number of aliphatic hydroxyl groups excluding tert-OH is 1. The number of nitrogens with two attached hydrogens (primary N) is 1. The second-order valence-corrected chi connectivity index (χ2v) is 9.28. The number of benzene rings is 2. The molecule has 0 spiro atoms. The fraction of sp³-hybridized carbons (Fsp3) is 0.333. The summed E-state index contributed by atoms with van der Waals surface area (Å²) in [6, 6.07) is 13.5. The largest absolute Gasteiger partial charge is 0.493 e. The van der Waals surface area contributed by atoms with Crippen molar-refractivity contribution in [3.05, 3.63) is 71.4 Å². The lowest BCUT2D eigenvalue weighted by Gasteiger charge is -2.31. The molecular weight excluding hydrogens is 519 g/mol. The van der Waals surface area contributed by atoms with Gasteiger partial charge in [0.25, 0.3) is 5.91 Å². The van der Waals surface area contributed by atoms with E-state index < -0.39 is 35.5 Å². The number of methoxy groups -OCH3 is 1. The van der Waals surface area contributed by atoms with Crippen LogP contribution in [0.15, 0.2) is 54.6 Å². The molecule has 208 valence electrons. The number of halogens is 3. The van der Waals surface area contributed by atoms with Crippen molar-refractivity contribution in [1.29, 1.82) is 0 Å². The highest BCUT2D eigenvalue weighted by molar-refractivity contribution is 5.95. The van der Waals surface area contributed by atoms with Crippen molar-refractivity contribution in [3.8, 4) is 28.5 Å². The van der Waals surface area contributed by atoms with E-state index >= 15 is 0 Å². The number of aromatic nitrogens is 1. The number of alkyl halides is 3. The molecule has 2 unspecified atom stereocenters. The minimum Gasteiger partial charge on any atom is -0.493 e. The SMILES string of the molecule is COc1cc(C(=O)NCC(O)(c2cc3c(c(-c4ccccc4)n2)OCC3(C)N)C(F)(F)F)ccc1OCCO. The molecule has 9 nitrogen and oxygen atoms in total. The van der Waals surface area contributed by atoms with Gasteiger partial charge >= 0.3 is 6.18 Å². The first-order chi connectivity index (χ1) is 18.4. The monoisotopic (exact) mass is 547 g/mol. The Morgan fingerprint density at radius 2 is 1.90 bits per heavy atom. The third-order valence-electron chi connectivity index (χ3n) is 6.32. The van der Waals surface area contributed by atoms with Crippen LogP contribution in [0.2, 0.25) is 0 Å². The Balaban J connectivity index is 1.70. The summed E-state index contributed by atoms with van der Waals surface area (Å²) >= 11 is 0. The van der Waals surface area contributed by atoms with Gasteiger partial charge in [0.15, 0.2) is 17.2 Å². The highest BCUT2D eigenvalue weighted by Crippen LogP contribution is 2.46. The Kier molecular flexibility index (Phi) is 7.73. The number of rotatable bonds is 9. The number of nitrogens with zero attached hydrogens (tertiary/aromatic N) is 1. The number of fused-ring (bicyclic) bond motifs is 1. The van der Waals surface area contributed by atoms with E-state index in [2.05, 4.69) is 10.3 Å². The number of carbonyl (C=O) groups excluding carboxylic acids is 1. The van der Waals surface area contributed by atoms with E-state index in [-0.39, 0.29) is 53.9 Å². The molecule has 12 heteroatoms. The van der Waals surface area contributed by atoms with Crippen molar-refractivity contribution < 1.29 is 42.4 Å². The molecule has 0 saturated heterocycles. The Morgan fingerprint density at radius 3 is 2.54 bits per heavy atom. The van der Waals surface area contributed by atoms with Gasteiger partial charge < -0.3 is 35.5 Å². The van der Waals surface area contributed by atoms with Crippen molar-refractivity contribution in [2.24, 2.45) is 5.73 Å². The molecule has 4 rings (SSSR count). The molecule has 0 bridgehead atoms. The summed E-state index contributed by atoms with van der Waals surface area (Å²) in [7, 11) is 1.32. The predicted molar refractivity (Wildman–Crippen MR) is 135 cm³/mol. The van der Waals surface area contributed by atoms with Gasteiger partial charge in [-0.1, -0.05) is 30.3 Å². The van der Waals surface area contributed by atoms with Crippen molar-refractivity contribution in [2.75, 3.05) is 33.5 Å². The molecule has 1 aliphatic rings. The van der Waals surface area contributed by atoms with Gasteiger partial charge in [-0.15, -0.1) is 0 Å². The molecule has 1 aliphatic heterocycles. The van der Waals surface area contributed by atoms with Gasteiger partial charge in [-0.25, -0.2) is 4.98 Å². The summed E-state index contributed by atoms with van der Waals surface area (Å²) in [5.41, 5.74) is 1.65. The molecular formula is C27H28F3N3O6. The maximum atomic E-state index is 14.5. The Hall–Kier alpha value is -3.87. The van der Waals surface area contributed by atoms with Gasteiger partial charge in [-0.3, -0.25) is 4.79 Å². The number of aliphatic hydroxyl groups is 2. The van der Waals surface area contributed by atoms with Crippen LogP contribution in [-0.4, -0.2) is 60.8 Å². The quantitative estimate of drug-likeness (QED) is 0.321. The summed E-state index contributed by atoms with van der Waals surface area (Å²) in [4.78, 5) is 17.0. The average Bonchev–Trinajstić information content (AvgIpc) is 3.23. The molecule has 0 saturated carbocycles. The normalized spacial score (nSPS) is 18.1. The number of pyridine rings is 1. The fourth-order valence-corrected chi connectivity index (χ4v) is 4.14. The molecule has 1 aromatic heterocycles. The Labute approximate surface area is 222 Å². The maximum Gasteiger partial charge on any atom is 0.424 e. The summed E-state index contributed by atoms with van der Waals surface area (Å²) in [5, 5.41) is 22.2.